The highest BCUT2D eigenvalue weighted by atomic mass is 32.2. The van der Waals surface area contributed by atoms with Gasteiger partial charge in [0.15, 0.2) is 9.84 Å². The highest BCUT2D eigenvalue weighted by Gasteiger charge is 2.60. The first-order valence-corrected chi connectivity index (χ1v) is 10.4. The van der Waals surface area contributed by atoms with Gasteiger partial charge in [0.1, 0.15) is 0 Å². The minimum atomic E-state index is -3.19. The molecule has 3 heterocycles. The zero-order valence-corrected chi connectivity index (χ0v) is 14.2. The summed E-state index contributed by atoms with van der Waals surface area (Å²) in [6.45, 7) is 3.15. The zero-order chi connectivity index (χ0) is 17.1. The van der Waals surface area contributed by atoms with Crippen LogP contribution in [-0.2, 0) is 19.4 Å². The second-order valence-corrected chi connectivity index (χ2v) is 9.59. The van der Waals surface area contributed by atoms with Gasteiger partial charge in [-0.15, -0.1) is 0 Å². The molecule has 0 aromatic rings. The summed E-state index contributed by atoms with van der Waals surface area (Å²) < 4.78 is 24.3. The van der Waals surface area contributed by atoms with Gasteiger partial charge in [0, 0.05) is 31.6 Å². The molecule has 3 aliphatic heterocycles. The van der Waals surface area contributed by atoms with Crippen molar-refractivity contribution in [1.82, 2.24) is 15.1 Å². The lowest BCUT2D eigenvalue weighted by atomic mass is 10.0. The number of carboxylic acid groups (broad SMARTS) is 1. The topological polar surface area (TPSA) is 107 Å². The van der Waals surface area contributed by atoms with Gasteiger partial charge in [-0.25, -0.2) is 8.42 Å². The van der Waals surface area contributed by atoms with E-state index < -0.39 is 15.8 Å². The number of hydrogen-bond acceptors (Lipinski definition) is 6. The maximum atomic E-state index is 12.9. The SMILES string of the molecule is O=C(O)CCN1CCN(C(=O)C2[C@H]3CNC[C@@H]23)[C@H]2CS(=O)(=O)C[C@H]21. The molecule has 0 aromatic carbocycles. The molecule has 1 amide bonds. The predicted octanol–water partition coefficient (Wildman–Crippen LogP) is -1.76. The van der Waals surface area contributed by atoms with Crippen LogP contribution in [0.15, 0.2) is 0 Å². The largest absolute Gasteiger partial charge is 0.481 e. The van der Waals surface area contributed by atoms with Crippen molar-refractivity contribution in [3.63, 3.8) is 0 Å². The Labute approximate surface area is 141 Å². The molecule has 1 saturated carbocycles. The van der Waals surface area contributed by atoms with E-state index in [0.717, 1.165) is 13.1 Å². The third-order valence-corrected chi connectivity index (χ3v) is 7.76. The number of rotatable bonds is 4. The van der Waals surface area contributed by atoms with Gasteiger partial charge in [0.05, 0.1) is 24.0 Å². The standard InChI is InChI=1S/C15H23N3O5S/c19-13(20)1-2-17-3-4-18(12-8-24(22,23)7-11(12)17)15(21)14-9-5-16-6-10(9)14/h9-12,14,16H,1-8H2,(H,19,20)/t9-,10+,11-,12+,14?/m1/s1. The Bertz CT molecular complexity index is 656. The fraction of sp³-hybridized carbons (Fsp3) is 0.867. The average Bonchev–Trinajstić information content (AvgIpc) is 2.84. The predicted molar refractivity (Wildman–Crippen MR) is 85.1 cm³/mol. The third kappa shape index (κ3) is 2.72. The first-order valence-electron chi connectivity index (χ1n) is 8.55. The first-order chi connectivity index (χ1) is 11.4. The molecular formula is C15H23N3O5S. The molecule has 9 heteroatoms. The summed E-state index contributed by atoms with van der Waals surface area (Å²) in [6, 6.07) is -0.580. The van der Waals surface area contributed by atoms with Crippen molar-refractivity contribution < 1.29 is 23.1 Å². The number of sulfone groups is 1. The number of amides is 1. The van der Waals surface area contributed by atoms with Gasteiger partial charge < -0.3 is 15.3 Å². The lowest BCUT2D eigenvalue weighted by Gasteiger charge is -2.44. The molecule has 0 spiro atoms. The number of carbonyl (C=O) groups is 2. The van der Waals surface area contributed by atoms with Crippen LogP contribution in [0.3, 0.4) is 0 Å². The fourth-order valence-electron chi connectivity index (χ4n) is 4.79. The number of piperazine rings is 1. The van der Waals surface area contributed by atoms with Crippen LogP contribution in [0.25, 0.3) is 0 Å². The smallest absolute Gasteiger partial charge is 0.304 e. The van der Waals surface area contributed by atoms with Gasteiger partial charge in [-0.3, -0.25) is 14.5 Å². The Kier molecular flexibility index (Phi) is 3.85. The van der Waals surface area contributed by atoms with Crippen LogP contribution < -0.4 is 5.32 Å². The van der Waals surface area contributed by atoms with Crippen LogP contribution in [0.2, 0.25) is 0 Å². The summed E-state index contributed by atoms with van der Waals surface area (Å²) in [5.41, 5.74) is 0. The van der Waals surface area contributed by atoms with Crippen molar-refractivity contribution in [3.8, 4) is 0 Å². The van der Waals surface area contributed by atoms with Crippen LogP contribution in [0.4, 0.5) is 0 Å². The third-order valence-electron chi connectivity index (χ3n) is 6.06. The van der Waals surface area contributed by atoms with Crippen molar-refractivity contribution in [2.75, 3.05) is 44.2 Å². The van der Waals surface area contributed by atoms with Gasteiger partial charge in [0.25, 0.3) is 0 Å². The minimum Gasteiger partial charge on any atom is -0.481 e. The summed E-state index contributed by atoms with van der Waals surface area (Å²) in [5, 5.41) is 12.2. The van der Waals surface area contributed by atoms with Crippen LogP contribution in [0.5, 0.6) is 0 Å². The van der Waals surface area contributed by atoms with E-state index >= 15 is 0 Å². The molecule has 5 atom stereocenters. The molecule has 0 radical (unpaired) electrons. The summed E-state index contributed by atoms with van der Waals surface area (Å²) >= 11 is 0. The lowest BCUT2D eigenvalue weighted by molar-refractivity contribution is -0.141. The Morgan fingerprint density at radius 2 is 1.75 bits per heavy atom. The van der Waals surface area contributed by atoms with E-state index in [1.165, 1.54) is 0 Å². The first kappa shape index (κ1) is 16.3. The fourth-order valence-corrected chi connectivity index (χ4v) is 6.80. The van der Waals surface area contributed by atoms with Crippen molar-refractivity contribution in [3.05, 3.63) is 0 Å². The van der Waals surface area contributed by atoms with Crippen LogP contribution >= 0.6 is 0 Å². The normalized spacial score (nSPS) is 40.2. The number of aliphatic carboxylic acids is 1. The number of piperidine rings is 1. The van der Waals surface area contributed by atoms with Crippen molar-refractivity contribution in [1.29, 1.82) is 0 Å². The lowest BCUT2D eigenvalue weighted by Crippen LogP contribution is -2.61. The van der Waals surface area contributed by atoms with Gasteiger partial charge in [-0.05, 0) is 24.9 Å². The number of carboxylic acids is 1. The number of fused-ring (bicyclic) bond motifs is 2. The van der Waals surface area contributed by atoms with Crippen LogP contribution in [-0.4, -0.2) is 91.5 Å². The van der Waals surface area contributed by atoms with E-state index in [9.17, 15) is 18.0 Å². The summed E-state index contributed by atoms with van der Waals surface area (Å²) in [5.74, 6) is 0.146. The molecule has 3 saturated heterocycles. The van der Waals surface area contributed by atoms with Crippen molar-refractivity contribution in [2.24, 2.45) is 17.8 Å². The van der Waals surface area contributed by atoms with E-state index in [1.807, 2.05) is 4.90 Å². The van der Waals surface area contributed by atoms with E-state index in [-0.39, 0.29) is 41.8 Å². The van der Waals surface area contributed by atoms with E-state index in [1.54, 1.807) is 4.90 Å². The number of carbonyl (C=O) groups excluding carboxylic acids is 1. The quantitative estimate of drug-likeness (QED) is 0.613. The van der Waals surface area contributed by atoms with Crippen molar-refractivity contribution >= 4 is 21.7 Å². The average molecular weight is 357 g/mol. The Morgan fingerprint density at radius 3 is 2.42 bits per heavy atom. The van der Waals surface area contributed by atoms with E-state index in [2.05, 4.69) is 5.32 Å². The molecule has 0 bridgehead atoms. The maximum absolute atomic E-state index is 12.9. The second-order valence-electron chi connectivity index (χ2n) is 7.43. The van der Waals surface area contributed by atoms with Gasteiger partial charge in [0.2, 0.25) is 5.91 Å². The maximum Gasteiger partial charge on any atom is 0.304 e. The molecule has 1 unspecified atom stereocenters. The highest BCUT2D eigenvalue weighted by Crippen LogP contribution is 2.50. The summed E-state index contributed by atoms with van der Waals surface area (Å²) in [6.07, 6.45) is -0.00431. The molecule has 4 rings (SSSR count). The van der Waals surface area contributed by atoms with E-state index in [4.69, 9.17) is 5.11 Å². The molecule has 4 fully saturated rings. The number of nitrogens with zero attached hydrogens (tertiary/aromatic N) is 2. The van der Waals surface area contributed by atoms with Gasteiger partial charge in [-0.2, -0.15) is 0 Å². The molecule has 4 aliphatic rings. The molecule has 8 nitrogen and oxygen atoms in total. The minimum absolute atomic E-state index is 0.00431. The summed E-state index contributed by atoms with van der Waals surface area (Å²) in [7, 11) is -3.19. The molecular weight excluding hydrogens is 334 g/mol. The Balaban J connectivity index is 1.49. The van der Waals surface area contributed by atoms with Gasteiger partial charge in [-0.1, -0.05) is 0 Å². The molecule has 1 aliphatic carbocycles. The Morgan fingerprint density at radius 1 is 1.08 bits per heavy atom. The molecule has 134 valence electrons. The summed E-state index contributed by atoms with van der Waals surface area (Å²) in [4.78, 5) is 27.5. The molecule has 2 N–H and O–H groups in total. The van der Waals surface area contributed by atoms with Gasteiger partial charge >= 0.3 is 5.97 Å². The number of nitrogens with one attached hydrogen (secondary N) is 1. The van der Waals surface area contributed by atoms with Crippen LogP contribution in [0.1, 0.15) is 6.42 Å². The second kappa shape index (κ2) is 5.67. The highest BCUT2D eigenvalue weighted by molar-refractivity contribution is 7.91. The van der Waals surface area contributed by atoms with E-state index in [0.29, 0.717) is 31.5 Å². The monoisotopic (exact) mass is 357 g/mol. The number of hydrogen-bond donors (Lipinski definition) is 2. The van der Waals surface area contributed by atoms with Crippen molar-refractivity contribution in [2.45, 2.75) is 18.5 Å². The molecule has 0 aromatic heterocycles. The Hall–Kier alpha value is -1.19. The van der Waals surface area contributed by atoms with Crippen LogP contribution in [0, 0.1) is 17.8 Å². The molecule has 24 heavy (non-hydrogen) atoms. The zero-order valence-electron chi connectivity index (χ0n) is 13.4.